The van der Waals surface area contributed by atoms with E-state index in [-0.39, 0.29) is 0 Å². The number of nitrogens with zero attached hydrogens (tertiary/aromatic N) is 5. The third-order valence-corrected chi connectivity index (χ3v) is 11.4. The van der Waals surface area contributed by atoms with Crippen LogP contribution in [0.15, 0.2) is 188 Å². The highest BCUT2D eigenvalue weighted by Crippen LogP contribution is 2.39. The van der Waals surface area contributed by atoms with E-state index in [1.54, 1.807) is 0 Å². The van der Waals surface area contributed by atoms with E-state index in [0.717, 1.165) is 50.2 Å². The van der Waals surface area contributed by atoms with Crippen molar-refractivity contribution in [2.45, 2.75) is 0 Å². The van der Waals surface area contributed by atoms with Crippen molar-refractivity contribution >= 4 is 66.8 Å². The SMILES string of the molecule is Clc1ccc(-c2nc(-c3ccc(Cl)cc3)nc(-c3cccc(-n4c5ccccc5c5ccc(-c6ccc7c(c6)c6ccccc6n7-c6ccccc6)cc54)c3)n2)cc1. The molecule has 58 heavy (non-hydrogen) atoms. The summed E-state index contributed by atoms with van der Waals surface area (Å²) in [4.78, 5) is 14.9. The summed E-state index contributed by atoms with van der Waals surface area (Å²) in [5.74, 6) is 1.68. The molecule has 0 amide bonds. The summed E-state index contributed by atoms with van der Waals surface area (Å²) in [6.07, 6.45) is 0. The monoisotopic (exact) mass is 783 g/mol. The molecule has 7 heteroatoms. The summed E-state index contributed by atoms with van der Waals surface area (Å²) < 4.78 is 4.70. The van der Waals surface area contributed by atoms with Gasteiger partial charge < -0.3 is 9.13 Å². The first-order valence-electron chi connectivity index (χ1n) is 19.1. The van der Waals surface area contributed by atoms with E-state index in [1.165, 1.54) is 32.6 Å². The van der Waals surface area contributed by atoms with E-state index < -0.39 is 0 Å². The summed E-state index contributed by atoms with van der Waals surface area (Å²) in [5, 5.41) is 6.11. The second-order valence-electron chi connectivity index (χ2n) is 14.4. The van der Waals surface area contributed by atoms with E-state index in [1.807, 2.05) is 48.5 Å². The van der Waals surface area contributed by atoms with Crippen molar-refractivity contribution in [3.8, 4) is 56.7 Å². The van der Waals surface area contributed by atoms with E-state index in [9.17, 15) is 0 Å². The zero-order chi connectivity index (χ0) is 38.7. The summed E-state index contributed by atoms with van der Waals surface area (Å²) in [5.41, 5.74) is 11.6. The van der Waals surface area contributed by atoms with E-state index in [2.05, 4.69) is 149 Å². The zero-order valence-electron chi connectivity index (χ0n) is 30.9. The number of benzene rings is 8. The molecule has 0 spiro atoms. The van der Waals surface area contributed by atoms with Crippen LogP contribution in [0.25, 0.3) is 100 Å². The van der Waals surface area contributed by atoms with Gasteiger partial charge in [0.15, 0.2) is 17.5 Å². The highest BCUT2D eigenvalue weighted by molar-refractivity contribution is 6.31. The number of halogens is 2. The topological polar surface area (TPSA) is 48.5 Å². The van der Waals surface area contributed by atoms with Crippen molar-refractivity contribution < 1.29 is 0 Å². The average molecular weight is 785 g/mol. The molecule has 0 fully saturated rings. The van der Waals surface area contributed by atoms with Crippen LogP contribution in [0.2, 0.25) is 10.0 Å². The Bertz CT molecular complexity index is 3290. The van der Waals surface area contributed by atoms with Gasteiger partial charge in [-0.05, 0) is 114 Å². The Labute approximate surface area is 344 Å². The lowest BCUT2D eigenvalue weighted by Gasteiger charge is -2.12. The van der Waals surface area contributed by atoms with Crippen LogP contribution in [0.4, 0.5) is 0 Å². The molecule has 0 saturated heterocycles. The molecule has 274 valence electrons. The largest absolute Gasteiger partial charge is 0.309 e. The highest BCUT2D eigenvalue weighted by Gasteiger charge is 2.18. The molecule has 5 nitrogen and oxygen atoms in total. The molecule has 0 N–H and O–H groups in total. The van der Waals surface area contributed by atoms with Crippen LogP contribution in [-0.2, 0) is 0 Å². The molecule has 0 atom stereocenters. The molecule has 3 heterocycles. The normalized spacial score (nSPS) is 11.6. The van der Waals surface area contributed by atoms with Gasteiger partial charge in [-0.3, -0.25) is 0 Å². The van der Waals surface area contributed by atoms with Gasteiger partial charge in [-0.15, -0.1) is 0 Å². The maximum Gasteiger partial charge on any atom is 0.164 e. The predicted octanol–water partition coefficient (Wildman–Crippen LogP) is 14.0. The lowest BCUT2D eigenvalue weighted by atomic mass is 10.0. The minimum atomic E-state index is 0.558. The van der Waals surface area contributed by atoms with Gasteiger partial charge in [-0.1, -0.05) is 108 Å². The predicted molar refractivity (Wildman–Crippen MR) is 240 cm³/mol. The minimum absolute atomic E-state index is 0.558. The van der Waals surface area contributed by atoms with Crippen LogP contribution >= 0.6 is 23.2 Å². The van der Waals surface area contributed by atoms with Gasteiger partial charge in [0.05, 0.1) is 22.1 Å². The Hall–Kier alpha value is -7.05. The number of hydrogen-bond donors (Lipinski definition) is 0. The zero-order valence-corrected chi connectivity index (χ0v) is 32.4. The summed E-state index contributed by atoms with van der Waals surface area (Å²) in [6.45, 7) is 0. The Morgan fingerprint density at radius 3 is 1.41 bits per heavy atom. The summed E-state index contributed by atoms with van der Waals surface area (Å²) in [6, 6.07) is 65.0. The molecule has 0 radical (unpaired) electrons. The molecule has 0 aliphatic heterocycles. The smallest absolute Gasteiger partial charge is 0.164 e. The van der Waals surface area contributed by atoms with Gasteiger partial charge in [0.25, 0.3) is 0 Å². The Kier molecular flexibility index (Phi) is 8.17. The molecule has 11 rings (SSSR count). The fourth-order valence-corrected chi connectivity index (χ4v) is 8.43. The van der Waals surface area contributed by atoms with Crippen molar-refractivity contribution in [3.63, 3.8) is 0 Å². The second kappa shape index (κ2) is 13.9. The minimum Gasteiger partial charge on any atom is -0.309 e. The molecule has 0 unspecified atom stereocenters. The van der Waals surface area contributed by atoms with Gasteiger partial charge in [0, 0.05) is 59.7 Å². The molecular weight excluding hydrogens is 754 g/mol. The van der Waals surface area contributed by atoms with E-state index in [4.69, 9.17) is 38.2 Å². The average Bonchev–Trinajstić information content (AvgIpc) is 3.79. The lowest BCUT2D eigenvalue weighted by Crippen LogP contribution is -2.01. The van der Waals surface area contributed by atoms with Gasteiger partial charge in [-0.2, -0.15) is 0 Å². The number of aromatic nitrogens is 5. The number of hydrogen-bond acceptors (Lipinski definition) is 3. The highest BCUT2D eigenvalue weighted by atomic mass is 35.5. The molecule has 0 aliphatic carbocycles. The van der Waals surface area contributed by atoms with Crippen LogP contribution < -0.4 is 0 Å². The molecule has 0 aliphatic rings. The van der Waals surface area contributed by atoms with Gasteiger partial charge in [0.2, 0.25) is 0 Å². The first kappa shape index (κ1) is 34.2. The van der Waals surface area contributed by atoms with Crippen LogP contribution in [0.5, 0.6) is 0 Å². The van der Waals surface area contributed by atoms with Gasteiger partial charge >= 0.3 is 0 Å². The van der Waals surface area contributed by atoms with Crippen LogP contribution in [0.1, 0.15) is 0 Å². The van der Waals surface area contributed by atoms with Crippen molar-refractivity contribution in [2.24, 2.45) is 0 Å². The number of fused-ring (bicyclic) bond motifs is 6. The molecule has 0 bridgehead atoms. The second-order valence-corrected chi connectivity index (χ2v) is 15.2. The van der Waals surface area contributed by atoms with Gasteiger partial charge in [0.1, 0.15) is 0 Å². The van der Waals surface area contributed by atoms with Crippen LogP contribution in [0, 0.1) is 0 Å². The van der Waals surface area contributed by atoms with Crippen molar-refractivity contribution in [3.05, 3.63) is 198 Å². The molecule has 0 saturated carbocycles. The summed E-state index contributed by atoms with van der Waals surface area (Å²) >= 11 is 12.5. The standard InChI is InChI=1S/C51H31Cl2N5/c52-37-23-17-32(18-24-37)49-54-50(33-19-25-38(53)26-20-33)56-51(55-49)36-9-8-12-40(29-36)58-45-15-6-4-13-41(45)43-27-21-35(31-48(43)58)34-22-28-47-44(30-34)42-14-5-7-16-46(42)57(47)39-10-2-1-3-11-39/h1-31H. The first-order valence-corrected chi connectivity index (χ1v) is 19.8. The van der Waals surface area contributed by atoms with Crippen molar-refractivity contribution in [2.75, 3.05) is 0 Å². The third kappa shape index (κ3) is 5.83. The molecule has 11 aromatic rings. The number of rotatable bonds is 6. The molecular formula is C51H31Cl2N5. The quantitative estimate of drug-likeness (QED) is 0.169. The van der Waals surface area contributed by atoms with E-state index in [0.29, 0.717) is 27.5 Å². The van der Waals surface area contributed by atoms with Crippen molar-refractivity contribution in [1.29, 1.82) is 0 Å². The maximum atomic E-state index is 6.26. The number of para-hydroxylation sites is 3. The Morgan fingerprint density at radius 2 is 0.759 bits per heavy atom. The Morgan fingerprint density at radius 1 is 0.293 bits per heavy atom. The summed E-state index contributed by atoms with van der Waals surface area (Å²) in [7, 11) is 0. The fraction of sp³-hybridized carbons (Fsp3) is 0. The van der Waals surface area contributed by atoms with Crippen molar-refractivity contribution in [1.82, 2.24) is 24.1 Å². The first-order chi connectivity index (χ1) is 28.6. The fourth-order valence-electron chi connectivity index (χ4n) is 8.18. The van der Waals surface area contributed by atoms with Crippen LogP contribution in [-0.4, -0.2) is 24.1 Å². The third-order valence-electron chi connectivity index (χ3n) is 10.9. The van der Waals surface area contributed by atoms with Gasteiger partial charge in [-0.25, -0.2) is 15.0 Å². The Balaban J connectivity index is 1.07. The lowest BCUT2D eigenvalue weighted by molar-refractivity contribution is 1.07. The van der Waals surface area contributed by atoms with Crippen LogP contribution in [0.3, 0.4) is 0 Å². The van der Waals surface area contributed by atoms with E-state index >= 15 is 0 Å². The molecule has 3 aromatic heterocycles. The maximum absolute atomic E-state index is 6.26. The molecule has 8 aromatic carbocycles.